The highest BCUT2D eigenvalue weighted by atomic mass is 79.9. The summed E-state index contributed by atoms with van der Waals surface area (Å²) in [4.78, 5) is 28.3. The van der Waals surface area contributed by atoms with Gasteiger partial charge in [-0.1, -0.05) is 27.5 Å². The van der Waals surface area contributed by atoms with Crippen LogP contribution in [-0.4, -0.2) is 66.9 Å². The van der Waals surface area contributed by atoms with Crippen molar-refractivity contribution in [1.82, 2.24) is 15.1 Å². The molecule has 1 aromatic carbocycles. The van der Waals surface area contributed by atoms with Gasteiger partial charge in [-0.25, -0.2) is 0 Å². The molecule has 0 radical (unpaired) electrons. The number of rotatable bonds is 6. The van der Waals surface area contributed by atoms with Crippen LogP contribution in [0.15, 0.2) is 22.7 Å². The lowest BCUT2D eigenvalue weighted by Crippen LogP contribution is -2.51. The molecule has 2 aliphatic rings. The molecule has 1 saturated heterocycles. The second-order valence-electron chi connectivity index (χ2n) is 6.57. The van der Waals surface area contributed by atoms with Crippen LogP contribution in [0.1, 0.15) is 12.8 Å². The van der Waals surface area contributed by atoms with Gasteiger partial charge in [0.15, 0.2) is 0 Å². The number of hydrogen-bond acceptors (Lipinski definition) is 4. The maximum atomic E-state index is 12.2. The fourth-order valence-corrected chi connectivity index (χ4v) is 3.51. The lowest BCUT2D eigenvalue weighted by molar-refractivity contribution is -0.123. The Morgan fingerprint density at radius 2 is 1.68 bits per heavy atom. The van der Waals surface area contributed by atoms with E-state index in [9.17, 15) is 9.59 Å². The monoisotopic (exact) mass is 428 g/mol. The van der Waals surface area contributed by atoms with Gasteiger partial charge < -0.3 is 10.6 Å². The second-order valence-corrected chi connectivity index (χ2v) is 7.89. The van der Waals surface area contributed by atoms with Gasteiger partial charge in [0, 0.05) is 36.7 Å². The number of carbonyl (C=O) groups excluding carboxylic acids is 2. The average Bonchev–Trinajstić information content (AvgIpc) is 3.36. The predicted octanol–water partition coefficient (Wildman–Crippen LogP) is 1.94. The van der Waals surface area contributed by atoms with E-state index < -0.39 is 0 Å². The predicted molar refractivity (Wildman–Crippen MR) is 102 cm³/mol. The third-order valence-corrected chi connectivity index (χ3v) is 5.15. The lowest BCUT2D eigenvalue weighted by Gasteiger charge is -2.33. The zero-order valence-corrected chi connectivity index (χ0v) is 16.3. The van der Waals surface area contributed by atoms with Crippen LogP contribution in [0.2, 0.25) is 5.02 Å². The molecule has 0 aromatic heterocycles. The van der Waals surface area contributed by atoms with Gasteiger partial charge in [-0.3, -0.25) is 19.4 Å². The minimum Gasteiger partial charge on any atom is -0.352 e. The highest BCUT2D eigenvalue weighted by Crippen LogP contribution is 2.25. The SMILES string of the molecule is O=C(CN1CCN(CC(=O)NC2CC2)CC1)Nc1ccc(Br)cc1Cl. The molecule has 2 fully saturated rings. The molecule has 2 N–H and O–H groups in total. The van der Waals surface area contributed by atoms with E-state index in [1.807, 2.05) is 6.07 Å². The van der Waals surface area contributed by atoms with Crippen molar-refractivity contribution in [3.63, 3.8) is 0 Å². The number of benzene rings is 1. The van der Waals surface area contributed by atoms with Crippen LogP contribution in [0, 0.1) is 0 Å². The molecule has 0 bridgehead atoms. The van der Waals surface area contributed by atoms with E-state index in [1.165, 1.54) is 0 Å². The first-order chi connectivity index (χ1) is 12.0. The molecule has 1 aromatic rings. The summed E-state index contributed by atoms with van der Waals surface area (Å²) >= 11 is 9.46. The van der Waals surface area contributed by atoms with Gasteiger partial charge in [-0.15, -0.1) is 0 Å². The molecule has 0 spiro atoms. The van der Waals surface area contributed by atoms with Crippen LogP contribution >= 0.6 is 27.5 Å². The molecular formula is C17H22BrClN4O2. The quantitative estimate of drug-likeness (QED) is 0.725. The number of nitrogens with zero attached hydrogens (tertiary/aromatic N) is 2. The Bertz CT molecular complexity index is 646. The summed E-state index contributed by atoms with van der Waals surface area (Å²) in [6.45, 7) is 3.92. The topological polar surface area (TPSA) is 64.7 Å². The number of nitrogens with one attached hydrogen (secondary N) is 2. The van der Waals surface area contributed by atoms with Gasteiger partial charge in [0.1, 0.15) is 0 Å². The Hall–Kier alpha value is -1.15. The third kappa shape index (κ3) is 5.95. The van der Waals surface area contributed by atoms with Crippen molar-refractivity contribution in [3.8, 4) is 0 Å². The molecule has 1 aliphatic heterocycles. The normalized spacial score (nSPS) is 18.8. The van der Waals surface area contributed by atoms with E-state index in [4.69, 9.17) is 11.6 Å². The first-order valence-electron chi connectivity index (χ1n) is 8.48. The van der Waals surface area contributed by atoms with Crippen LogP contribution in [0.3, 0.4) is 0 Å². The smallest absolute Gasteiger partial charge is 0.238 e. The minimum atomic E-state index is -0.0795. The van der Waals surface area contributed by atoms with E-state index in [0.717, 1.165) is 43.5 Å². The summed E-state index contributed by atoms with van der Waals surface area (Å²) in [5, 5.41) is 6.36. The summed E-state index contributed by atoms with van der Waals surface area (Å²) < 4.78 is 0.873. The Kier molecular flexibility index (Phi) is 6.33. The highest BCUT2D eigenvalue weighted by Gasteiger charge is 2.25. The Balaban J connectivity index is 1.39. The molecule has 0 unspecified atom stereocenters. The number of anilines is 1. The zero-order chi connectivity index (χ0) is 17.8. The molecule has 8 heteroatoms. The Labute approximate surface area is 161 Å². The fourth-order valence-electron chi connectivity index (χ4n) is 2.79. The Morgan fingerprint density at radius 3 is 2.24 bits per heavy atom. The second kappa shape index (κ2) is 8.49. The van der Waals surface area contributed by atoms with E-state index in [2.05, 4.69) is 36.4 Å². The maximum Gasteiger partial charge on any atom is 0.238 e. The molecule has 1 heterocycles. The molecule has 6 nitrogen and oxygen atoms in total. The first kappa shape index (κ1) is 18.6. The third-order valence-electron chi connectivity index (χ3n) is 4.35. The van der Waals surface area contributed by atoms with Gasteiger partial charge in [-0.2, -0.15) is 0 Å². The van der Waals surface area contributed by atoms with Crippen molar-refractivity contribution in [2.45, 2.75) is 18.9 Å². The van der Waals surface area contributed by atoms with Gasteiger partial charge in [0.2, 0.25) is 11.8 Å². The van der Waals surface area contributed by atoms with Crippen LogP contribution in [0.4, 0.5) is 5.69 Å². The number of piperazine rings is 1. The number of halogens is 2. The molecule has 136 valence electrons. The van der Waals surface area contributed by atoms with Crippen LogP contribution in [-0.2, 0) is 9.59 Å². The first-order valence-corrected chi connectivity index (χ1v) is 9.65. The van der Waals surface area contributed by atoms with Crippen LogP contribution < -0.4 is 10.6 Å². The van der Waals surface area contributed by atoms with Crippen LogP contribution in [0.5, 0.6) is 0 Å². The van der Waals surface area contributed by atoms with E-state index in [1.54, 1.807) is 12.1 Å². The van der Waals surface area contributed by atoms with Crippen molar-refractivity contribution in [1.29, 1.82) is 0 Å². The average molecular weight is 430 g/mol. The molecule has 0 atom stereocenters. The van der Waals surface area contributed by atoms with Crippen molar-refractivity contribution < 1.29 is 9.59 Å². The minimum absolute atomic E-state index is 0.0795. The molecule has 2 amide bonds. The molecule has 25 heavy (non-hydrogen) atoms. The summed E-state index contributed by atoms with van der Waals surface area (Å²) in [5.74, 6) is 0.0303. The fraction of sp³-hybridized carbons (Fsp3) is 0.529. The van der Waals surface area contributed by atoms with Gasteiger partial charge >= 0.3 is 0 Å². The molecule has 1 saturated carbocycles. The van der Waals surface area contributed by atoms with Crippen molar-refractivity contribution in [3.05, 3.63) is 27.7 Å². The van der Waals surface area contributed by atoms with Gasteiger partial charge in [-0.05, 0) is 31.0 Å². The van der Waals surface area contributed by atoms with Crippen molar-refractivity contribution in [2.75, 3.05) is 44.6 Å². The van der Waals surface area contributed by atoms with Crippen molar-refractivity contribution >= 4 is 45.0 Å². The number of amides is 2. The lowest BCUT2D eigenvalue weighted by atomic mass is 10.3. The molecular weight excluding hydrogens is 408 g/mol. The van der Waals surface area contributed by atoms with Crippen LogP contribution in [0.25, 0.3) is 0 Å². The largest absolute Gasteiger partial charge is 0.352 e. The Morgan fingerprint density at radius 1 is 1.08 bits per heavy atom. The van der Waals surface area contributed by atoms with Crippen molar-refractivity contribution in [2.24, 2.45) is 0 Å². The van der Waals surface area contributed by atoms with E-state index >= 15 is 0 Å². The summed E-state index contributed by atoms with van der Waals surface area (Å²) in [5.41, 5.74) is 0.616. The van der Waals surface area contributed by atoms with Gasteiger partial charge in [0.05, 0.1) is 23.8 Å². The molecule has 1 aliphatic carbocycles. The van der Waals surface area contributed by atoms with E-state index in [-0.39, 0.29) is 11.8 Å². The standard InChI is InChI=1S/C17H22BrClN4O2/c18-12-1-4-15(14(19)9-12)21-17(25)11-23-7-5-22(6-8-23)10-16(24)20-13-2-3-13/h1,4,9,13H,2-3,5-8,10-11H2,(H,20,24)(H,21,25). The molecule has 3 rings (SSSR count). The number of carbonyl (C=O) groups is 2. The zero-order valence-electron chi connectivity index (χ0n) is 13.9. The highest BCUT2D eigenvalue weighted by molar-refractivity contribution is 9.10. The number of hydrogen-bond donors (Lipinski definition) is 2. The maximum absolute atomic E-state index is 12.2. The van der Waals surface area contributed by atoms with E-state index in [0.29, 0.717) is 29.8 Å². The summed E-state index contributed by atoms with van der Waals surface area (Å²) in [6.07, 6.45) is 2.22. The summed E-state index contributed by atoms with van der Waals surface area (Å²) in [7, 11) is 0. The summed E-state index contributed by atoms with van der Waals surface area (Å²) in [6, 6.07) is 5.78. The van der Waals surface area contributed by atoms with Gasteiger partial charge in [0.25, 0.3) is 0 Å².